The molecule has 0 bridgehead atoms. The van der Waals surface area contributed by atoms with E-state index >= 15 is 0 Å². The maximum atomic E-state index is 13.4. The smallest absolute Gasteiger partial charge is 0.193 e. The molecule has 4 nitrogen and oxygen atoms in total. The van der Waals surface area contributed by atoms with Crippen molar-refractivity contribution in [3.05, 3.63) is 119 Å². The summed E-state index contributed by atoms with van der Waals surface area (Å²) in [6, 6.07) is 29.1. The lowest BCUT2D eigenvalue weighted by Gasteiger charge is -2.19. The summed E-state index contributed by atoms with van der Waals surface area (Å²) >= 11 is 0. The Hall–Kier alpha value is -4.25. The molecule has 31 heavy (non-hydrogen) atoms. The number of para-hydroxylation sites is 2. The van der Waals surface area contributed by atoms with E-state index in [1.54, 1.807) is 24.4 Å². The molecule has 150 valence electrons. The Labute approximate surface area is 178 Å². The van der Waals surface area contributed by atoms with Crippen molar-refractivity contribution in [2.45, 2.75) is 0 Å². The third kappa shape index (κ3) is 3.69. The van der Waals surface area contributed by atoms with Crippen LogP contribution in [0.1, 0.15) is 0 Å². The molecule has 2 heterocycles. The first kappa shape index (κ1) is 18.8. The number of hydrogen-bond donors (Lipinski definition) is 1. The highest BCUT2D eigenvalue weighted by atomic mass is 19.1. The maximum absolute atomic E-state index is 13.4. The van der Waals surface area contributed by atoms with Gasteiger partial charge in [-0.05, 0) is 54.6 Å². The lowest BCUT2D eigenvalue weighted by molar-refractivity contribution is 0.628. The highest BCUT2D eigenvalue weighted by Crippen LogP contribution is 2.27. The fraction of sp³-hybridized carbons (Fsp3) is 0. The number of anilines is 2. The van der Waals surface area contributed by atoms with Gasteiger partial charge in [0.05, 0.1) is 16.6 Å². The van der Waals surface area contributed by atoms with Crippen molar-refractivity contribution in [2.24, 2.45) is 0 Å². The van der Waals surface area contributed by atoms with Crippen molar-refractivity contribution < 1.29 is 4.39 Å². The van der Waals surface area contributed by atoms with E-state index in [1.165, 1.54) is 12.1 Å². The fourth-order valence-electron chi connectivity index (χ4n) is 3.61. The number of nitrogens with one attached hydrogen (secondary N) is 1. The summed E-state index contributed by atoms with van der Waals surface area (Å²) in [6.07, 6.45) is 1.59. The molecule has 0 spiro atoms. The standard InChI is InChI=1S/C26H18FN3O/c27-19-13-11-18(12-14-19)23-15-24-22(17-28-23)25(31)16-26(29-20-7-3-1-4-8-20)30(24)21-9-5-2-6-10-21/h1-17,29H. The Bertz CT molecular complexity index is 1410. The predicted octanol–water partition coefficient (Wildman–Crippen LogP) is 5.94. The highest BCUT2D eigenvalue weighted by Gasteiger charge is 2.13. The zero-order chi connectivity index (χ0) is 21.2. The topological polar surface area (TPSA) is 46.9 Å². The largest absolute Gasteiger partial charge is 0.341 e. The van der Waals surface area contributed by atoms with Crippen LogP contribution in [0.15, 0.2) is 108 Å². The molecule has 0 radical (unpaired) electrons. The molecule has 0 saturated heterocycles. The van der Waals surface area contributed by atoms with E-state index in [0.29, 0.717) is 22.4 Å². The second-order valence-electron chi connectivity index (χ2n) is 7.15. The van der Waals surface area contributed by atoms with Gasteiger partial charge in [-0.1, -0.05) is 36.4 Å². The zero-order valence-corrected chi connectivity index (χ0v) is 16.5. The van der Waals surface area contributed by atoms with E-state index in [1.807, 2.05) is 71.3 Å². The molecular weight excluding hydrogens is 389 g/mol. The molecular formula is C26H18FN3O. The van der Waals surface area contributed by atoms with Gasteiger partial charge in [-0.25, -0.2) is 4.39 Å². The molecule has 5 rings (SSSR count). The van der Waals surface area contributed by atoms with Crippen LogP contribution in [0.25, 0.3) is 27.8 Å². The molecule has 5 heteroatoms. The molecule has 0 unspecified atom stereocenters. The van der Waals surface area contributed by atoms with E-state index in [9.17, 15) is 9.18 Å². The average molecular weight is 407 g/mol. The highest BCUT2D eigenvalue weighted by molar-refractivity contribution is 5.86. The van der Waals surface area contributed by atoms with Gasteiger partial charge in [-0.15, -0.1) is 0 Å². The van der Waals surface area contributed by atoms with Gasteiger partial charge in [0.15, 0.2) is 5.43 Å². The summed E-state index contributed by atoms with van der Waals surface area (Å²) in [5.74, 6) is 0.339. The number of pyridine rings is 2. The van der Waals surface area contributed by atoms with Crippen LogP contribution in [0.3, 0.4) is 0 Å². The molecule has 0 aliphatic heterocycles. The average Bonchev–Trinajstić information content (AvgIpc) is 2.81. The van der Waals surface area contributed by atoms with Gasteiger partial charge in [0, 0.05) is 29.2 Å². The molecule has 5 aromatic rings. The normalized spacial score (nSPS) is 10.9. The Morgan fingerprint density at radius 3 is 2.19 bits per heavy atom. The Morgan fingerprint density at radius 1 is 0.806 bits per heavy atom. The molecule has 1 N–H and O–H groups in total. The van der Waals surface area contributed by atoms with Crippen molar-refractivity contribution >= 4 is 22.4 Å². The Balaban J connectivity index is 1.78. The van der Waals surface area contributed by atoms with Crippen LogP contribution >= 0.6 is 0 Å². The molecule has 0 atom stereocenters. The molecule has 0 aliphatic rings. The SMILES string of the molecule is O=c1cc(Nc2ccccc2)n(-c2ccccc2)c2cc(-c3ccc(F)cc3)ncc12. The maximum Gasteiger partial charge on any atom is 0.193 e. The molecule has 0 aliphatic carbocycles. The van der Waals surface area contributed by atoms with Crippen molar-refractivity contribution in [1.29, 1.82) is 0 Å². The number of rotatable bonds is 4. The van der Waals surface area contributed by atoms with Crippen LogP contribution in [0.4, 0.5) is 15.9 Å². The third-order valence-corrected chi connectivity index (χ3v) is 5.10. The first-order valence-corrected chi connectivity index (χ1v) is 9.88. The van der Waals surface area contributed by atoms with Crippen molar-refractivity contribution in [3.63, 3.8) is 0 Å². The van der Waals surface area contributed by atoms with Gasteiger partial charge in [0.2, 0.25) is 0 Å². The van der Waals surface area contributed by atoms with Crippen molar-refractivity contribution in [2.75, 3.05) is 5.32 Å². The minimum Gasteiger partial charge on any atom is -0.341 e. The number of aromatic nitrogens is 2. The molecule has 0 saturated carbocycles. The van der Waals surface area contributed by atoms with Crippen LogP contribution in [0.5, 0.6) is 0 Å². The van der Waals surface area contributed by atoms with Gasteiger partial charge in [-0.2, -0.15) is 0 Å². The summed E-state index contributed by atoms with van der Waals surface area (Å²) in [4.78, 5) is 17.4. The Kier molecular flexibility index (Phi) is 4.77. The summed E-state index contributed by atoms with van der Waals surface area (Å²) < 4.78 is 15.4. The minimum absolute atomic E-state index is 0.126. The lowest BCUT2D eigenvalue weighted by Crippen LogP contribution is -2.13. The summed E-state index contributed by atoms with van der Waals surface area (Å²) in [6.45, 7) is 0. The summed E-state index contributed by atoms with van der Waals surface area (Å²) in [5, 5.41) is 3.87. The third-order valence-electron chi connectivity index (χ3n) is 5.10. The minimum atomic E-state index is -0.305. The first-order valence-electron chi connectivity index (χ1n) is 9.88. The van der Waals surface area contributed by atoms with Gasteiger partial charge >= 0.3 is 0 Å². The monoisotopic (exact) mass is 407 g/mol. The molecule has 2 aromatic heterocycles. The van der Waals surface area contributed by atoms with Gasteiger partial charge < -0.3 is 5.32 Å². The van der Waals surface area contributed by atoms with Gasteiger partial charge in [0.1, 0.15) is 11.6 Å². The van der Waals surface area contributed by atoms with Crippen LogP contribution in [0, 0.1) is 5.82 Å². The number of nitrogens with zero attached hydrogens (tertiary/aromatic N) is 2. The van der Waals surface area contributed by atoms with Crippen LogP contribution in [-0.4, -0.2) is 9.55 Å². The summed E-state index contributed by atoms with van der Waals surface area (Å²) in [7, 11) is 0. The second kappa shape index (κ2) is 7.88. The van der Waals surface area contributed by atoms with Gasteiger partial charge in [0.25, 0.3) is 0 Å². The van der Waals surface area contributed by atoms with E-state index < -0.39 is 0 Å². The number of halogens is 1. The lowest BCUT2D eigenvalue weighted by atomic mass is 10.1. The van der Waals surface area contributed by atoms with Crippen LogP contribution in [0.2, 0.25) is 0 Å². The van der Waals surface area contributed by atoms with Gasteiger partial charge in [-0.3, -0.25) is 14.3 Å². The quantitative estimate of drug-likeness (QED) is 0.401. The first-order chi connectivity index (χ1) is 15.2. The van der Waals surface area contributed by atoms with E-state index in [0.717, 1.165) is 16.9 Å². The van der Waals surface area contributed by atoms with Crippen LogP contribution < -0.4 is 10.7 Å². The predicted molar refractivity (Wildman–Crippen MR) is 122 cm³/mol. The molecule has 3 aromatic carbocycles. The zero-order valence-electron chi connectivity index (χ0n) is 16.5. The number of hydrogen-bond acceptors (Lipinski definition) is 3. The number of benzene rings is 3. The van der Waals surface area contributed by atoms with E-state index in [4.69, 9.17) is 0 Å². The van der Waals surface area contributed by atoms with Crippen LogP contribution in [-0.2, 0) is 0 Å². The second-order valence-corrected chi connectivity index (χ2v) is 7.15. The molecule has 0 amide bonds. The van der Waals surface area contributed by atoms with E-state index in [-0.39, 0.29) is 11.2 Å². The summed E-state index contributed by atoms with van der Waals surface area (Å²) in [5.41, 5.74) is 3.80. The Morgan fingerprint density at radius 2 is 1.48 bits per heavy atom. The van der Waals surface area contributed by atoms with E-state index in [2.05, 4.69) is 10.3 Å². The van der Waals surface area contributed by atoms with Crippen molar-refractivity contribution in [3.8, 4) is 16.9 Å². The van der Waals surface area contributed by atoms with Crippen molar-refractivity contribution in [1.82, 2.24) is 9.55 Å². The fourth-order valence-corrected chi connectivity index (χ4v) is 3.61. The number of fused-ring (bicyclic) bond motifs is 1. The molecule has 0 fully saturated rings.